The molecule has 0 spiro atoms. The second kappa shape index (κ2) is 6.78. The molecule has 1 aliphatic rings. The van der Waals surface area contributed by atoms with Crippen LogP contribution >= 0.6 is 0 Å². The molecule has 138 valence electrons. The van der Waals surface area contributed by atoms with Crippen molar-refractivity contribution in [3.63, 3.8) is 0 Å². The second-order valence-electron chi connectivity index (χ2n) is 7.17. The molecule has 0 saturated carbocycles. The van der Waals surface area contributed by atoms with E-state index in [0.29, 0.717) is 24.5 Å². The van der Waals surface area contributed by atoms with Crippen molar-refractivity contribution in [2.75, 3.05) is 18.4 Å². The van der Waals surface area contributed by atoms with Crippen LogP contribution in [0, 0.1) is 5.41 Å². The van der Waals surface area contributed by atoms with E-state index < -0.39 is 11.4 Å². The SMILES string of the molecule is CC(C)n1cnnc1-c1ccccc1NC(=O)N1CCC(C)(C(=O)O)C1. The van der Waals surface area contributed by atoms with Gasteiger partial charge in [0.25, 0.3) is 0 Å². The molecular weight excluding hydrogens is 334 g/mol. The third kappa shape index (κ3) is 3.26. The number of hydrogen-bond acceptors (Lipinski definition) is 4. The zero-order valence-electron chi connectivity index (χ0n) is 15.1. The molecule has 0 aliphatic carbocycles. The van der Waals surface area contributed by atoms with E-state index in [1.54, 1.807) is 19.3 Å². The Kier molecular flexibility index (Phi) is 4.67. The zero-order chi connectivity index (χ0) is 18.9. The number of aliphatic carboxylic acids is 1. The van der Waals surface area contributed by atoms with Crippen LogP contribution in [0.5, 0.6) is 0 Å². The summed E-state index contributed by atoms with van der Waals surface area (Å²) in [5, 5.41) is 20.4. The third-order valence-electron chi connectivity index (χ3n) is 4.82. The number of aromatic nitrogens is 3. The average Bonchev–Trinajstić information content (AvgIpc) is 3.23. The molecule has 1 aromatic carbocycles. The lowest BCUT2D eigenvalue weighted by Crippen LogP contribution is -2.37. The lowest BCUT2D eigenvalue weighted by Gasteiger charge is -2.21. The highest BCUT2D eigenvalue weighted by Crippen LogP contribution is 2.32. The third-order valence-corrected chi connectivity index (χ3v) is 4.82. The van der Waals surface area contributed by atoms with Gasteiger partial charge in [-0.15, -0.1) is 10.2 Å². The Labute approximate surface area is 151 Å². The van der Waals surface area contributed by atoms with Crippen LogP contribution in [0.1, 0.15) is 33.2 Å². The fourth-order valence-corrected chi connectivity index (χ4v) is 3.10. The number of rotatable bonds is 4. The maximum Gasteiger partial charge on any atom is 0.321 e. The zero-order valence-corrected chi connectivity index (χ0v) is 15.1. The quantitative estimate of drug-likeness (QED) is 0.876. The van der Waals surface area contributed by atoms with Gasteiger partial charge in [0.05, 0.1) is 11.1 Å². The van der Waals surface area contributed by atoms with Gasteiger partial charge in [0.15, 0.2) is 5.82 Å². The molecule has 8 heteroatoms. The van der Waals surface area contributed by atoms with Gasteiger partial charge in [-0.05, 0) is 39.3 Å². The summed E-state index contributed by atoms with van der Waals surface area (Å²) in [7, 11) is 0. The Balaban J connectivity index is 1.82. The number of carboxylic acid groups (broad SMARTS) is 1. The number of hydrogen-bond donors (Lipinski definition) is 2. The van der Waals surface area contributed by atoms with E-state index in [2.05, 4.69) is 15.5 Å². The molecule has 2 aromatic rings. The molecule has 0 bridgehead atoms. The molecule has 1 saturated heterocycles. The molecule has 2 heterocycles. The van der Waals surface area contributed by atoms with E-state index in [1.807, 2.05) is 36.6 Å². The summed E-state index contributed by atoms with van der Waals surface area (Å²) in [6.07, 6.45) is 2.11. The normalized spacial score (nSPS) is 19.8. The van der Waals surface area contributed by atoms with Gasteiger partial charge >= 0.3 is 12.0 Å². The minimum absolute atomic E-state index is 0.179. The van der Waals surface area contributed by atoms with Crippen molar-refractivity contribution in [3.8, 4) is 11.4 Å². The summed E-state index contributed by atoms with van der Waals surface area (Å²) in [5.41, 5.74) is 0.498. The van der Waals surface area contributed by atoms with Crippen LogP contribution < -0.4 is 5.32 Å². The molecule has 1 fully saturated rings. The first kappa shape index (κ1) is 17.9. The van der Waals surface area contributed by atoms with Crippen molar-refractivity contribution in [1.29, 1.82) is 0 Å². The maximum atomic E-state index is 12.6. The first-order chi connectivity index (χ1) is 12.3. The van der Waals surface area contributed by atoms with Crippen molar-refractivity contribution in [3.05, 3.63) is 30.6 Å². The van der Waals surface area contributed by atoms with E-state index in [-0.39, 0.29) is 18.6 Å². The Hall–Kier alpha value is -2.90. The number of anilines is 1. The molecular formula is C18H23N5O3. The minimum atomic E-state index is -0.894. The van der Waals surface area contributed by atoms with E-state index in [1.165, 1.54) is 4.90 Å². The summed E-state index contributed by atoms with van der Waals surface area (Å²) >= 11 is 0. The van der Waals surface area contributed by atoms with Crippen molar-refractivity contribution in [2.24, 2.45) is 5.41 Å². The Bertz CT molecular complexity index is 832. The molecule has 26 heavy (non-hydrogen) atoms. The van der Waals surface area contributed by atoms with Crippen molar-refractivity contribution < 1.29 is 14.7 Å². The highest BCUT2D eigenvalue weighted by Gasteiger charge is 2.42. The number of para-hydroxylation sites is 1. The number of likely N-dealkylation sites (tertiary alicyclic amines) is 1. The summed E-state index contributed by atoms with van der Waals surface area (Å²) in [6.45, 7) is 6.34. The number of amides is 2. The fourth-order valence-electron chi connectivity index (χ4n) is 3.10. The Morgan fingerprint density at radius 2 is 2.04 bits per heavy atom. The van der Waals surface area contributed by atoms with Crippen molar-refractivity contribution in [2.45, 2.75) is 33.2 Å². The highest BCUT2D eigenvalue weighted by molar-refractivity contribution is 5.94. The molecule has 0 radical (unpaired) electrons. The fraction of sp³-hybridized carbons (Fsp3) is 0.444. The largest absolute Gasteiger partial charge is 0.481 e. The number of carbonyl (C=O) groups excluding carboxylic acids is 1. The summed E-state index contributed by atoms with van der Waals surface area (Å²) in [4.78, 5) is 25.6. The molecule has 3 rings (SSSR count). The van der Waals surface area contributed by atoms with Crippen LogP contribution in [0.3, 0.4) is 0 Å². The number of nitrogens with zero attached hydrogens (tertiary/aromatic N) is 4. The monoisotopic (exact) mass is 357 g/mol. The summed E-state index contributed by atoms with van der Waals surface area (Å²) < 4.78 is 1.93. The van der Waals surface area contributed by atoms with E-state index >= 15 is 0 Å². The number of carboxylic acids is 1. The summed E-state index contributed by atoms with van der Waals surface area (Å²) in [5.74, 6) is -0.203. The molecule has 1 atom stereocenters. The predicted molar refractivity (Wildman–Crippen MR) is 96.8 cm³/mol. The Morgan fingerprint density at radius 1 is 1.31 bits per heavy atom. The molecule has 8 nitrogen and oxygen atoms in total. The highest BCUT2D eigenvalue weighted by atomic mass is 16.4. The predicted octanol–water partition coefficient (Wildman–Crippen LogP) is 2.85. The second-order valence-corrected chi connectivity index (χ2v) is 7.17. The van der Waals surface area contributed by atoms with Crippen molar-refractivity contribution >= 4 is 17.7 Å². The van der Waals surface area contributed by atoms with Gasteiger partial charge in [0.1, 0.15) is 6.33 Å². The average molecular weight is 357 g/mol. The molecule has 1 aromatic heterocycles. The van der Waals surface area contributed by atoms with Gasteiger partial charge in [-0.25, -0.2) is 4.79 Å². The van der Waals surface area contributed by atoms with Crippen LogP contribution in [-0.4, -0.2) is 49.9 Å². The summed E-state index contributed by atoms with van der Waals surface area (Å²) in [6, 6.07) is 7.27. The smallest absolute Gasteiger partial charge is 0.321 e. The van der Waals surface area contributed by atoms with Gasteiger partial charge in [-0.3, -0.25) is 4.79 Å². The van der Waals surface area contributed by atoms with Gasteiger partial charge in [0, 0.05) is 24.7 Å². The van der Waals surface area contributed by atoms with Gasteiger partial charge in [-0.1, -0.05) is 12.1 Å². The molecule has 2 amide bonds. The molecule has 2 N–H and O–H groups in total. The molecule has 1 unspecified atom stereocenters. The van der Waals surface area contributed by atoms with E-state index in [9.17, 15) is 14.7 Å². The standard InChI is InChI=1S/C18H23N5O3/c1-12(2)23-11-19-21-15(23)13-6-4-5-7-14(13)20-17(26)22-9-8-18(3,10-22)16(24)25/h4-7,11-12H,8-10H2,1-3H3,(H,20,26)(H,24,25). The van der Waals surface area contributed by atoms with Gasteiger partial charge in [0.2, 0.25) is 0 Å². The van der Waals surface area contributed by atoms with Gasteiger partial charge in [-0.2, -0.15) is 0 Å². The van der Waals surface area contributed by atoms with Gasteiger partial charge < -0.3 is 19.9 Å². The van der Waals surface area contributed by atoms with Crippen molar-refractivity contribution in [1.82, 2.24) is 19.7 Å². The lowest BCUT2D eigenvalue weighted by molar-refractivity contribution is -0.146. The maximum absolute atomic E-state index is 12.6. The number of nitrogens with one attached hydrogen (secondary N) is 1. The van der Waals surface area contributed by atoms with Crippen LogP contribution in [-0.2, 0) is 4.79 Å². The Morgan fingerprint density at radius 3 is 2.69 bits per heavy atom. The van der Waals surface area contributed by atoms with Crippen LogP contribution in [0.2, 0.25) is 0 Å². The topological polar surface area (TPSA) is 100 Å². The lowest BCUT2D eigenvalue weighted by atomic mass is 9.90. The number of benzene rings is 1. The number of carbonyl (C=O) groups is 2. The van der Waals surface area contributed by atoms with Crippen LogP contribution in [0.4, 0.5) is 10.5 Å². The first-order valence-electron chi connectivity index (χ1n) is 8.60. The van der Waals surface area contributed by atoms with E-state index in [4.69, 9.17) is 0 Å². The number of urea groups is 1. The van der Waals surface area contributed by atoms with Crippen LogP contribution in [0.15, 0.2) is 30.6 Å². The van der Waals surface area contributed by atoms with Crippen LogP contribution in [0.25, 0.3) is 11.4 Å². The minimum Gasteiger partial charge on any atom is -0.481 e. The molecule has 1 aliphatic heterocycles. The first-order valence-corrected chi connectivity index (χ1v) is 8.60. The van der Waals surface area contributed by atoms with E-state index in [0.717, 1.165) is 5.56 Å².